The van der Waals surface area contributed by atoms with Crippen LogP contribution in [-0.2, 0) is 16.6 Å². The topological polar surface area (TPSA) is 66.4 Å². The molecule has 0 spiro atoms. The minimum absolute atomic E-state index is 0.163. The van der Waals surface area contributed by atoms with Gasteiger partial charge in [-0.1, -0.05) is 17.7 Å². The maximum absolute atomic E-state index is 12.2. The number of sulfonamides is 1. The second kappa shape index (κ2) is 5.50. The minimum atomic E-state index is -3.64. The van der Waals surface area contributed by atoms with Crippen LogP contribution in [0.1, 0.15) is 10.4 Å². The normalized spacial score (nSPS) is 11.5. The van der Waals surface area contributed by atoms with E-state index in [1.54, 1.807) is 31.2 Å². The molecule has 0 saturated carbocycles. The maximum atomic E-state index is 12.2. The predicted octanol–water partition coefficient (Wildman–Crippen LogP) is 3.00. The number of hydrogen-bond acceptors (Lipinski definition) is 4. The Morgan fingerprint density at radius 3 is 2.68 bits per heavy atom. The van der Waals surface area contributed by atoms with Crippen LogP contribution < -0.4 is 4.72 Å². The Balaban J connectivity index is 2.33. The molecule has 0 fully saturated rings. The number of thiophene rings is 1. The summed E-state index contributed by atoms with van der Waals surface area (Å²) in [5, 5.41) is 9.47. The monoisotopic (exact) mass is 317 g/mol. The molecule has 0 aliphatic rings. The van der Waals surface area contributed by atoms with E-state index in [9.17, 15) is 8.42 Å². The lowest BCUT2D eigenvalue weighted by atomic mass is 10.2. The molecule has 2 rings (SSSR count). The van der Waals surface area contributed by atoms with Crippen LogP contribution in [0.2, 0.25) is 5.02 Å². The molecule has 2 N–H and O–H groups in total. The Hall–Kier alpha value is -1.08. The summed E-state index contributed by atoms with van der Waals surface area (Å²) in [6.45, 7) is 1.57. The SMILES string of the molecule is Cc1c(Cl)cccc1NS(=O)(=O)c1ccc(CO)s1. The smallest absolute Gasteiger partial charge is 0.271 e. The maximum Gasteiger partial charge on any atom is 0.271 e. The van der Waals surface area contributed by atoms with E-state index < -0.39 is 10.0 Å². The number of benzene rings is 1. The van der Waals surface area contributed by atoms with Crippen molar-refractivity contribution in [3.63, 3.8) is 0 Å². The summed E-state index contributed by atoms with van der Waals surface area (Å²) in [6.07, 6.45) is 0. The van der Waals surface area contributed by atoms with Gasteiger partial charge in [0.15, 0.2) is 0 Å². The van der Waals surface area contributed by atoms with Gasteiger partial charge in [0.25, 0.3) is 10.0 Å². The van der Waals surface area contributed by atoms with Crippen molar-refractivity contribution in [3.05, 3.63) is 45.8 Å². The highest BCUT2D eigenvalue weighted by atomic mass is 35.5. The Morgan fingerprint density at radius 1 is 1.32 bits per heavy atom. The van der Waals surface area contributed by atoms with E-state index in [4.69, 9.17) is 16.7 Å². The van der Waals surface area contributed by atoms with Crippen molar-refractivity contribution in [1.29, 1.82) is 0 Å². The number of aliphatic hydroxyl groups excluding tert-OH is 1. The Bertz CT molecular complexity index is 695. The molecule has 102 valence electrons. The van der Waals surface area contributed by atoms with Gasteiger partial charge in [-0.3, -0.25) is 4.72 Å². The van der Waals surface area contributed by atoms with Gasteiger partial charge in [-0.05, 0) is 36.8 Å². The van der Waals surface area contributed by atoms with Gasteiger partial charge >= 0.3 is 0 Å². The Morgan fingerprint density at radius 2 is 2.05 bits per heavy atom. The minimum Gasteiger partial charge on any atom is -0.391 e. The molecule has 2 aromatic rings. The summed E-state index contributed by atoms with van der Waals surface area (Å²) in [5.74, 6) is 0. The molecule has 4 nitrogen and oxygen atoms in total. The lowest BCUT2D eigenvalue weighted by Crippen LogP contribution is -2.12. The van der Waals surface area contributed by atoms with E-state index in [1.807, 2.05) is 0 Å². The quantitative estimate of drug-likeness (QED) is 0.911. The first-order valence-electron chi connectivity index (χ1n) is 5.41. The van der Waals surface area contributed by atoms with Crippen molar-refractivity contribution >= 4 is 38.6 Å². The van der Waals surface area contributed by atoms with E-state index in [1.165, 1.54) is 6.07 Å². The Kier molecular flexibility index (Phi) is 4.15. The van der Waals surface area contributed by atoms with Crippen LogP contribution in [0.4, 0.5) is 5.69 Å². The van der Waals surface area contributed by atoms with Gasteiger partial charge in [0.2, 0.25) is 0 Å². The zero-order valence-corrected chi connectivity index (χ0v) is 12.4. The van der Waals surface area contributed by atoms with Crippen LogP contribution in [0, 0.1) is 6.92 Å². The molecule has 1 heterocycles. The van der Waals surface area contributed by atoms with E-state index in [2.05, 4.69) is 4.72 Å². The van der Waals surface area contributed by atoms with Crippen LogP contribution in [0.15, 0.2) is 34.5 Å². The highest BCUT2D eigenvalue weighted by Crippen LogP contribution is 2.28. The number of hydrogen-bond donors (Lipinski definition) is 2. The molecule has 19 heavy (non-hydrogen) atoms. The lowest BCUT2D eigenvalue weighted by Gasteiger charge is -2.10. The summed E-state index contributed by atoms with van der Waals surface area (Å²) < 4.78 is 27.0. The molecule has 0 amide bonds. The van der Waals surface area contributed by atoms with Crippen LogP contribution in [0.5, 0.6) is 0 Å². The second-order valence-electron chi connectivity index (χ2n) is 3.90. The third kappa shape index (κ3) is 3.09. The number of aliphatic hydroxyl groups is 1. The first-order chi connectivity index (χ1) is 8.94. The molecule has 1 aromatic carbocycles. The van der Waals surface area contributed by atoms with Gasteiger partial charge in [0.1, 0.15) is 4.21 Å². The number of anilines is 1. The van der Waals surface area contributed by atoms with Crippen molar-refractivity contribution in [2.24, 2.45) is 0 Å². The predicted molar refractivity (Wildman–Crippen MR) is 77.2 cm³/mol. The molecule has 1 aromatic heterocycles. The molecule has 0 aliphatic carbocycles. The van der Waals surface area contributed by atoms with E-state index in [-0.39, 0.29) is 10.8 Å². The van der Waals surface area contributed by atoms with Gasteiger partial charge in [-0.25, -0.2) is 8.42 Å². The van der Waals surface area contributed by atoms with Gasteiger partial charge < -0.3 is 5.11 Å². The third-order valence-corrected chi connectivity index (χ3v) is 5.91. The van der Waals surface area contributed by atoms with Crippen LogP contribution in [0.3, 0.4) is 0 Å². The van der Waals surface area contributed by atoms with E-state index in [0.29, 0.717) is 21.2 Å². The summed E-state index contributed by atoms with van der Waals surface area (Å²) >= 11 is 6.99. The van der Waals surface area contributed by atoms with Crippen molar-refractivity contribution < 1.29 is 13.5 Å². The Labute approximate surface area is 120 Å². The van der Waals surface area contributed by atoms with Gasteiger partial charge in [0, 0.05) is 9.90 Å². The van der Waals surface area contributed by atoms with Crippen LogP contribution in [-0.4, -0.2) is 13.5 Å². The lowest BCUT2D eigenvalue weighted by molar-refractivity contribution is 0.285. The molecule has 0 aliphatic heterocycles. The van der Waals surface area contributed by atoms with Crippen molar-refractivity contribution in [2.45, 2.75) is 17.7 Å². The van der Waals surface area contributed by atoms with Crippen molar-refractivity contribution in [1.82, 2.24) is 0 Å². The zero-order chi connectivity index (χ0) is 14.0. The average Bonchev–Trinajstić information content (AvgIpc) is 2.84. The molecule has 0 radical (unpaired) electrons. The zero-order valence-electron chi connectivity index (χ0n) is 10.1. The molecular weight excluding hydrogens is 306 g/mol. The molecule has 7 heteroatoms. The second-order valence-corrected chi connectivity index (χ2v) is 7.38. The fourth-order valence-electron chi connectivity index (χ4n) is 1.50. The molecule has 0 unspecified atom stereocenters. The fraction of sp³-hybridized carbons (Fsp3) is 0.167. The van der Waals surface area contributed by atoms with Crippen molar-refractivity contribution in [2.75, 3.05) is 4.72 Å². The van der Waals surface area contributed by atoms with Crippen LogP contribution >= 0.6 is 22.9 Å². The fourth-order valence-corrected chi connectivity index (χ4v) is 4.01. The summed E-state index contributed by atoms with van der Waals surface area (Å²) in [7, 11) is -3.64. The highest BCUT2D eigenvalue weighted by molar-refractivity contribution is 7.94. The number of rotatable bonds is 4. The van der Waals surface area contributed by atoms with Crippen molar-refractivity contribution in [3.8, 4) is 0 Å². The van der Waals surface area contributed by atoms with E-state index >= 15 is 0 Å². The largest absolute Gasteiger partial charge is 0.391 e. The molecule has 0 atom stereocenters. The number of nitrogens with one attached hydrogen (secondary N) is 1. The first kappa shape index (κ1) is 14.3. The molecule has 0 bridgehead atoms. The van der Waals surface area contributed by atoms with Crippen LogP contribution in [0.25, 0.3) is 0 Å². The molecule has 0 saturated heterocycles. The van der Waals surface area contributed by atoms with Gasteiger partial charge in [-0.15, -0.1) is 11.3 Å². The standard InChI is InChI=1S/C12H12ClNO3S2/c1-8-10(13)3-2-4-11(8)14-19(16,17)12-6-5-9(7-15)18-12/h2-6,14-15H,7H2,1H3. The highest BCUT2D eigenvalue weighted by Gasteiger charge is 2.18. The van der Waals surface area contributed by atoms with Gasteiger partial charge in [-0.2, -0.15) is 0 Å². The average molecular weight is 318 g/mol. The first-order valence-corrected chi connectivity index (χ1v) is 8.09. The third-order valence-electron chi connectivity index (χ3n) is 2.57. The molecular formula is C12H12ClNO3S2. The summed E-state index contributed by atoms with van der Waals surface area (Å²) in [6, 6.07) is 8.09. The van der Waals surface area contributed by atoms with E-state index in [0.717, 1.165) is 11.3 Å². The number of halogens is 1. The van der Waals surface area contributed by atoms with Gasteiger partial charge in [0.05, 0.1) is 12.3 Å². The summed E-state index contributed by atoms with van der Waals surface area (Å²) in [5.41, 5.74) is 1.12. The summed E-state index contributed by atoms with van der Waals surface area (Å²) in [4.78, 5) is 0.600.